The summed E-state index contributed by atoms with van der Waals surface area (Å²) in [7, 11) is 2.04. The largest absolute Gasteiger partial charge is 0.351 e. The van der Waals surface area contributed by atoms with Gasteiger partial charge in [0.1, 0.15) is 0 Å². The minimum absolute atomic E-state index is 0.231. The average Bonchev–Trinajstić information content (AvgIpc) is 3.33. The van der Waals surface area contributed by atoms with Gasteiger partial charge in [-0.2, -0.15) is 0 Å². The topological polar surface area (TPSA) is 25.2 Å². The summed E-state index contributed by atoms with van der Waals surface area (Å²) < 4.78 is 2.10. The van der Waals surface area contributed by atoms with Gasteiger partial charge in [-0.05, 0) is 55.9 Å². The Labute approximate surface area is 144 Å². The van der Waals surface area contributed by atoms with Crippen LogP contribution < -0.4 is 0 Å². The van der Waals surface area contributed by atoms with Crippen molar-refractivity contribution in [2.45, 2.75) is 57.4 Å². The normalized spacial score (nSPS) is 21.9. The van der Waals surface area contributed by atoms with Gasteiger partial charge in [-0.15, -0.1) is 0 Å². The second-order valence-electron chi connectivity index (χ2n) is 7.72. The van der Waals surface area contributed by atoms with Crippen molar-refractivity contribution in [1.82, 2.24) is 9.47 Å². The van der Waals surface area contributed by atoms with Crippen LogP contribution in [0.1, 0.15) is 61.7 Å². The highest BCUT2D eigenvalue weighted by Crippen LogP contribution is 2.32. The lowest BCUT2D eigenvalue weighted by Crippen LogP contribution is -2.35. The molecule has 1 amide bonds. The number of aromatic nitrogens is 1. The first-order chi connectivity index (χ1) is 11.7. The number of nitrogens with zero attached hydrogens (tertiary/aromatic N) is 2. The zero-order chi connectivity index (χ0) is 16.5. The van der Waals surface area contributed by atoms with Gasteiger partial charge in [0.15, 0.2) is 0 Å². The van der Waals surface area contributed by atoms with E-state index in [1.165, 1.54) is 50.5 Å². The van der Waals surface area contributed by atoms with Crippen molar-refractivity contribution in [2.75, 3.05) is 6.54 Å². The molecular formula is C21H28N2O. The van der Waals surface area contributed by atoms with E-state index in [2.05, 4.69) is 33.9 Å². The number of hydrogen-bond acceptors (Lipinski definition) is 1. The first kappa shape index (κ1) is 15.7. The molecule has 1 unspecified atom stereocenters. The molecule has 1 aliphatic heterocycles. The Morgan fingerprint density at radius 1 is 1.08 bits per heavy atom. The van der Waals surface area contributed by atoms with E-state index in [0.29, 0.717) is 6.04 Å². The Kier molecular flexibility index (Phi) is 4.34. The molecule has 128 valence electrons. The molecule has 1 aliphatic carbocycles. The van der Waals surface area contributed by atoms with Gasteiger partial charge < -0.3 is 9.47 Å². The lowest BCUT2D eigenvalue weighted by atomic mass is 9.97. The van der Waals surface area contributed by atoms with Crippen LogP contribution in [-0.4, -0.2) is 28.0 Å². The van der Waals surface area contributed by atoms with E-state index in [0.717, 1.165) is 29.8 Å². The minimum atomic E-state index is 0.231. The predicted molar refractivity (Wildman–Crippen MR) is 98.2 cm³/mol. The summed E-state index contributed by atoms with van der Waals surface area (Å²) in [5.41, 5.74) is 2.03. The lowest BCUT2D eigenvalue weighted by Gasteiger charge is -2.26. The van der Waals surface area contributed by atoms with Crippen molar-refractivity contribution >= 4 is 16.8 Å². The molecule has 1 atom stereocenters. The van der Waals surface area contributed by atoms with E-state index in [1.807, 2.05) is 13.1 Å². The molecule has 0 radical (unpaired) electrons. The molecule has 2 aliphatic rings. The first-order valence-corrected chi connectivity index (χ1v) is 9.58. The maximum absolute atomic E-state index is 13.0. The number of hydrogen-bond donors (Lipinski definition) is 0. The summed E-state index contributed by atoms with van der Waals surface area (Å²) in [6.45, 7) is 0.932. The molecule has 24 heavy (non-hydrogen) atoms. The van der Waals surface area contributed by atoms with Gasteiger partial charge in [-0.25, -0.2) is 0 Å². The number of carbonyl (C=O) groups is 1. The van der Waals surface area contributed by atoms with Crippen molar-refractivity contribution < 1.29 is 4.79 Å². The second kappa shape index (κ2) is 6.62. The van der Waals surface area contributed by atoms with E-state index in [1.54, 1.807) is 0 Å². The third kappa shape index (κ3) is 2.97. The van der Waals surface area contributed by atoms with Gasteiger partial charge in [0, 0.05) is 42.3 Å². The van der Waals surface area contributed by atoms with Crippen LogP contribution in [0.5, 0.6) is 0 Å². The number of fused-ring (bicyclic) bond motifs is 1. The third-order valence-electron chi connectivity index (χ3n) is 6.15. The van der Waals surface area contributed by atoms with E-state index >= 15 is 0 Å². The average molecular weight is 324 g/mol. The van der Waals surface area contributed by atoms with Gasteiger partial charge >= 0.3 is 0 Å². The van der Waals surface area contributed by atoms with Crippen molar-refractivity contribution in [3.8, 4) is 0 Å². The van der Waals surface area contributed by atoms with Crippen LogP contribution in [0.15, 0.2) is 30.5 Å². The Bertz CT molecular complexity index is 727. The van der Waals surface area contributed by atoms with Crippen LogP contribution in [0.25, 0.3) is 10.9 Å². The van der Waals surface area contributed by atoms with Crippen molar-refractivity contribution in [3.63, 3.8) is 0 Å². The molecule has 2 heterocycles. The molecule has 0 spiro atoms. The predicted octanol–water partition coefficient (Wildman–Crippen LogP) is 4.75. The third-order valence-corrected chi connectivity index (χ3v) is 6.15. The molecule has 1 saturated heterocycles. The molecule has 4 rings (SSSR count). The highest BCUT2D eigenvalue weighted by Gasteiger charge is 2.30. The maximum atomic E-state index is 13.0. The molecule has 2 fully saturated rings. The van der Waals surface area contributed by atoms with Gasteiger partial charge in [-0.1, -0.05) is 25.7 Å². The second-order valence-corrected chi connectivity index (χ2v) is 7.72. The number of carbonyl (C=O) groups excluding carboxylic acids is 1. The Morgan fingerprint density at radius 3 is 2.75 bits per heavy atom. The fraction of sp³-hybridized carbons (Fsp3) is 0.571. The van der Waals surface area contributed by atoms with Crippen molar-refractivity contribution in [1.29, 1.82) is 0 Å². The summed E-state index contributed by atoms with van der Waals surface area (Å²) in [5, 5.41) is 1.16. The molecule has 3 nitrogen and oxygen atoms in total. The summed E-state index contributed by atoms with van der Waals surface area (Å²) in [4.78, 5) is 15.2. The number of aryl methyl sites for hydroxylation is 1. The molecule has 3 heteroatoms. The summed E-state index contributed by atoms with van der Waals surface area (Å²) >= 11 is 0. The standard InChI is InChI=1S/C21H28N2O/c1-22-14-12-17-15-18(9-11-20(17)22)21(24)23-13-4-7-19(23)10-8-16-5-2-3-6-16/h9,11-12,14-16,19H,2-8,10,13H2,1H3. The molecule has 1 aromatic carbocycles. The molecule has 2 aromatic rings. The summed E-state index contributed by atoms with van der Waals surface area (Å²) in [6, 6.07) is 8.69. The summed E-state index contributed by atoms with van der Waals surface area (Å²) in [5.74, 6) is 1.15. The Hall–Kier alpha value is -1.77. The van der Waals surface area contributed by atoms with Gasteiger partial charge in [-0.3, -0.25) is 4.79 Å². The molecule has 0 bridgehead atoms. The Balaban J connectivity index is 1.46. The van der Waals surface area contributed by atoms with Gasteiger partial charge in [0.25, 0.3) is 5.91 Å². The molecule has 0 N–H and O–H groups in total. The van der Waals surface area contributed by atoms with E-state index in [4.69, 9.17) is 0 Å². The number of benzene rings is 1. The van der Waals surface area contributed by atoms with Crippen LogP contribution in [0.3, 0.4) is 0 Å². The van der Waals surface area contributed by atoms with Gasteiger partial charge in [0.2, 0.25) is 0 Å². The number of likely N-dealkylation sites (tertiary alicyclic amines) is 1. The van der Waals surface area contributed by atoms with Crippen molar-refractivity contribution in [3.05, 3.63) is 36.0 Å². The van der Waals surface area contributed by atoms with E-state index in [9.17, 15) is 4.79 Å². The van der Waals surface area contributed by atoms with Crippen LogP contribution in [-0.2, 0) is 7.05 Å². The first-order valence-electron chi connectivity index (χ1n) is 9.58. The SMILES string of the molecule is Cn1ccc2cc(C(=O)N3CCCC3CCC3CCCC3)ccc21. The molecule has 1 saturated carbocycles. The van der Waals surface area contributed by atoms with Crippen LogP contribution >= 0.6 is 0 Å². The summed E-state index contributed by atoms with van der Waals surface area (Å²) in [6.07, 6.45) is 12.6. The smallest absolute Gasteiger partial charge is 0.254 e. The fourth-order valence-corrected chi connectivity index (χ4v) is 4.71. The highest BCUT2D eigenvalue weighted by atomic mass is 16.2. The highest BCUT2D eigenvalue weighted by molar-refractivity contribution is 5.98. The monoisotopic (exact) mass is 324 g/mol. The van der Waals surface area contributed by atoms with Crippen LogP contribution in [0.2, 0.25) is 0 Å². The fourth-order valence-electron chi connectivity index (χ4n) is 4.71. The maximum Gasteiger partial charge on any atom is 0.254 e. The van der Waals surface area contributed by atoms with Crippen molar-refractivity contribution in [2.24, 2.45) is 13.0 Å². The van der Waals surface area contributed by atoms with E-state index < -0.39 is 0 Å². The lowest BCUT2D eigenvalue weighted by molar-refractivity contribution is 0.0726. The van der Waals surface area contributed by atoms with Gasteiger partial charge in [0.05, 0.1) is 0 Å². The zero-order valence-electron chi connectivity index (χ0n) is 14.7. The molecule has 1 aromatic heterocycles. The van der Waals surface area contributed by atoms with E-state index in [-0.39, 0.29) is 5.91 Å². The van der Waals surface area contributed by atoms with Crippen LogP contribution in [0.4, 0.5) is 0 Å². The minimum Gasteiger partial charge on any atom is -0.351 e. The zero-order valence-corrected chi connectivity index (χ0v) is 14.7. The quantitative estimate of drug-likeness (QED) is 0.796. The Morgan fingerprint density at radius 2 is 1.92 bits per heavy atom. The van der Waals surface area contributed by atoms with Crippen LogP contribution in [0, 0.1) is 5.92 Å². The number of rotatable bonds is 4. The number of amides is 1. The molecular weight excluding hydrogens is 296 g/mol.